The van der Waals surface area contributed by atoms with Crippen molar-refractivity contribution in [2.24, 2.45) is 17.8 Å². The quantitative estimate of drug-likeness (QED) is 0.569. The second kappa shape index (κ2) is 4.96. The number of aryl methyl sites for hydroxylation is 1. The zero-order chi connectivity index (χ0) is 11.4. The average molecular weight is 222 g/mol. The van der Waals surface area contributed by atoms with Crippen LogP contribution in [0.3, 0.4) is 0 Å². The van der Waals surface area contributed by atoms with Crippen molar-refractivity contribution < 1.29 is 0 Å². The first-order valence-corrected chi connectivity index (χ1v) is 5.65. The first-order chi connectivity index (χ1) is 7.75. The summed E-state index contributed by atoms with van der Waals surface area (Å²) in [4.78, 5) is 10.5. The number of hydrogen-bond donors (Lipinski definition) is 1. The molecule has 0 aromatic carbocycles. The summed E-state index contributed by atoms with van der Waals surface area (Å²) < 4.78 is 1.67. The SMILES string of the molecule is Cn1cnc(CN=C(N)N2CCCCC2)n1. The lowest BCUT2D eigenvalue weighted by molar-refractivity contribution is 0.338. The lowest BCUT2D eigenvalue weighted by Gasteiger charge is -2.27. The smallest absolute Gasteiger partial charge is 0.191 e. The highest BCUT2D eigenvalue weighted by molar-refractivity contribution is 5.78. The summed E-state index contributed by atoms with van der Waals surface area (Å²) in [5, 5.41) is 4.15. The molecule has 6 nitrogen and oxygen atoms in total. The van der Waals surface area contributed by atoms with Gasteiger partial charge in [0, 0.05) is 20.1 Å². The summed E-state index contributed by atoms with van der Waals surface area (Å²) in [5.74, 6) is 1.33. The van der Waals surface area contributed by atoms with Crippen molar-refractivity contribution in [3.05, 3.63) is 12.2 Å². The van der Waals surface area contributed by atoms with Crippen molar-refractivity contribution in [2.75, 3.05) is 13.1 Å². The van der Waals surface area contributed by atoms with Crippen LogP contribution in [0.25, 0.3) is 0 Å². The molecular weight excluding hydrogens is 204 g/mol. The highest BCUT2D eigenvalue weighted by Crippen LogP contribution is 2.08. The lowest BCUT2D eigenvalue weighted by Crippen LogP contribution is -2.40. The van der Waals surface area contributed by atoms with Crippen LogP contribution >= 0.6 is 0 Å². The number of hydrogen-bond acceptors (Lipinski definition) is 3. The summed E-state index contributed by atoms with van der Waals surface area (Å²) in [6.45, 7) is 2.50. The van der Waals surface area contributed by atoms with E-state index in [0.29, 0.717) is 18.3 Å². The fraction of sp³-hybridized carbons (Fsp3) is 0.700. The zero-order valence-electron chi connectivity index (χ0n) is 9.63. The number of rotatable bonds is 2. The molecule has 0 aliphatic carbocycles. The van der Waals surface area contributed by atoms with Gasteiger partial charge in [-0.05, 0) is 19.3 Å². The first-order valence-electron chi connectivity index (χ1n) is 5.65. The number of nitrogens with zero attached hydrogens (tertiary/aromatic N) is 5. The van der Waals surface area contributed by atoms with E-state index in [2.05, 4.69) is 20.0 Å². The number of aliphatic imine (C=N–C) groups is 1. The molecular formula is C10H18N6. The van der Waals surface area contributed by atoms with Gasteiger partial charge in [0.05, 0.1) is 0 Å². The highest BCUT2D eigenvalue weighted by Gasteiger charge is 2.11. The van der Waals surface area contributed by atoms with E-state index in [1.54, 1.807) is 11.0 Å². The van der Waals surface area contributed by atoms with Crippen LogP contribution in [0.1, 0.15) is 25.1 Å². The Bertz CT molecular complexity index is 363. The summed E-state index contributed by atoms with van der Waals surface area (Å²) in [6, 6.07) is 0. The second-order valence-corrected chi connectivity index (χ2v) is 4.06. The monoisotopic (exact) mass is 222 g/mol. The van der Waals surface area contributed by atoms with Gasteiger partial charge in [-0.25, -0.2) is 9.98 Å². The van der Waals surface area contributed by atoms with Crippen LogP contribution in [0.4, 0.5) is 0 Å². The normalized spacial score (nSPS) is 17.8. The Balaban J connectivity index is 1.90. The fourth-order valence-electron chi connectivity index (χ4n) is 1.83. The molecule has 1 aromatic rings. The van der Waals surface area contributed by atoms with E-state index in [-0.39, 0.29) is 0 Å². The van der Waals surface area contributed by atoms with Gasteiger partial charge >= 0.3 is 0 Å². The van der Waals surface area contributed by atoms with Gasteiger partial charge in [0.2, 0.25) is 0 Å². The van der Waals surface area contributed by atoms with Crippen LogP contribution in [-0.2, 0) is 13.6 Å². The molecule has 1 aliphatic rings. The fourth-order valence-corrected chi connectivity index (χ4v) is 1.83. The van der Waals surface area contributed by atoms with Crippen molar-refractivity contribution >= 4 is 5.96 Å². The number of likely N-dealkylation sites (tertiary alicyclic amines) is 1. The molecule has 1 aliphatic heterocycles. The van der Waals surface area contributed by atoms with Crippen molar-refractivity contribution in [1.29, 1.82) is 0 Å². The van der Waals surface area contributed by atoms with E-state index in [4.69, 9.17) is 5.73 Å². The van der Waals surface area contributed by atoms with Crippen LogP contribution in [0, 0.1) is 0 Å². The Morgan fingerprint density at radius 1 is 1.44 bits per heavy atom. The Kier molecular flexibility index (Phi) is 3.38. The molecule has 0 spiro atoms. The number of piperidine rings is 1. The van der Waals surface area contributed by atoms with Crippen LogP contribution < -0.4 is 5.73 Å². The Morgan fingerprint density at radius 2 is 2.19 bits per heavy atom. The maximum Gasteiger partial charge on any atom is 0.191 e. The first kappa shape index (κ1) is 10.9. The molecule has 0 atom stereocenters. The van der Waals surface area contributed by atoms with Gasteiger partial charge in [0.25, 0.3) is 0 Å². The van der Waals surface area contributed by atoms with Crippen LogP contribution in [-0.4, -0.2) is 38.7 Å². The van der Waals surface area contributed by atoms with Crippen molar-refractivity contribution in [1.82, 2.24) is 19.7 Å². The topological polar surface area (TPSA) is 72.3 Å². The minimum Gasteiger partial charge on any atom is -0.370 e. The maximum atomic E-state index is 5.92. The third-order valence-electron chi connectivity index (χ3n) is 2.71. The van der Waals surface area contributed by atoms with Crippen molar-refractivity contribution in [3.8, 4) is 0 Å². The van der Waals surface area contributed by atoms with E-state index >= 15 is 0 Å². The molecule has 0 bridgehead atoms. The Labute approximate surface area is 95.2 Å². The minimum atomic E-state index is 0.461. The number of nitrogens with two attached hydrogens (primary N) is 1. The van der Waals surface area contributed by atoms with Crippen molar-refractivity contribution in [3.63, 3.8) is 0 Å². The van der Waals surface area contributed by atoms with E-state index < -0.39 is 0 Å². The molecule has 1 fully saturated rings. The number of aromatic nitrogens is 3. The molecule has 16 heavy (non-hydrogen) atoms. The van der Waals surface area contributed by atoms with E-state index in [0.717, 1.165) is 13.1 Å². The number of guanidine groups is 1. The predicted octanol–water partition coefficient (Wildman–Crippen LogP) is 0.116. The predicted molar refractivity (Wildman–Crippen MR) is 61.8 cm³/mol. The van der Waals surface area contributed by atoms with E-state index in [1.807, 2.05) is 7.05 Å². The lowest BCUT2D eigenvalue weighted by atomic mass is 10.1. The largest absolute Gasteiger partial charge is 0.370 e. The summed E-state index contributed by atoms with van der Waals surface area (Å²) in [6.07, 6.45) is 5.38. The third-order valence-corrected chi connectivity index (χ3v) is 2.71. The molecule has 0 amide bonds. The van der Waals surface area contributed by atoms with Gasteiger partial charge in [-0.3, -0.25) is 4.68 Å². The molecule has 2 N–H and O–H groups in total. The Hall–Kier alpha value is -1.59. The molecule has 0 unspecified atom stereocenters. The summed E-state index contributed by atoms with van der Waals surface area (Å²) in [7, 11) is 1.84. The Morgan fingerprint density at radius 3 is 2.81 bits per heavy atom. The van der Waals surface area contributed by atoms with Gasteiger partial charge in [-0.1, -0.05) is 0 Å². The molecule has 2 heterocycles. The minimum absolute atomic E-state index is 0.461. The maximum absolute atomic E-state index is 5.92. The molecule has 0 saturated carbocycles. The zero-order valence-corrected chi connectivity index (χ0v) is 9.63. The van der Waals surface area contributed by atoms with E-state index in [1.165, 1.54) is 19.3 Å². The molecule has 6 heteroatoms. The molecule has 88 valence electrons. The second-order valence-electron chi connectivity index (χ2n) is 4.06. The molecule has 0 radical (unpaired) electrons. The summed E-state index contributed by atoms with van der Waals surface area (Å²) >= 11 is 0. The van der Waals surface area contributed by atoms with Crippen molar-refractivity contribution in [2.45, 2.75) is 25.8 Å². The molecule has 1 aromatic heterocycles. The third kappa shape index (κ3) is 2.71. The molecule has 1 saturated heterocycles. The van der Waals surface area contributed by atoms with Gasteiger partial charge in [0.15, 0.2) is 11.8 Å². The highest BCUT2D eigenvalue weighted by atomic mass is 15.3. The van der Waals surface area contributed by atoms with Crippen LogP contribution in [0.15, 0.2) is 11.3 Å². The van der Waals surface area contributed by atoms with E-state index in [9.17, 15) is 0 Å². The van der Waals surface area contributed by atoms with Crippen LogP contribution in [0.2, 0.25) is 0 Å². The van der Waals surface area contributed by atoms with Gasteiger partial charge in [-0.2, -0.15) is 5.10 Å². The molecule has 2 rings (SSSR count). The standard InChI is InChI=1S/C10H18N6/c1-15-8-13-9(14-15)7-12-10(11)16-5-3-2-4-6-16/h8H,2-7H2,1H3,(H2,11,12). The van der Waals surface area contributed by atoms with Gasteiger partial charge in [-0.15, -0.1) is 0 Å². The summed E-state index contributed by atoms with van der Waals surface area (Å²) in [5.41, 5.74) is 5.92. The van der Waals surface area contributed by atoms with Gasteiger partial charge < -0.3 is 10.6 Å². The average Bonchev–Trinajstić information content (AvgIpc) is 2.73. The van der Waals surface area contributed by atoms with Gasteiger partial charge in [0.1, 0.15) is 12.9 Å². The van der Waals surface area contributed by atoms with Crippen LogP contribution in [0.5, 0.6) is 0 Å².